The summed E-state index contributed by atoms with van der Waals surface area (Å²) in [6.45, 7) is 6.40. The van der Waals surface area contributed by atoms with E-state index in [0.717, 1.165) is 5.56 Å². The molecule has 1 aromatic carbocycles. The molecule has 0 bridgehead atoms. The molecule has 0 aliphatic carbocycles. The number of methoxy groups -OCH3 is 1. The number of halogens is 2. The first-order chi connectivity index (χ1) is 7.47. The van der Waals surface area contributed by atoms with Crippen molar-refractivity contribution in [2.24, 2.45) is 5.92 Å². The first kappa shape index (κ1) is 13.5. The van der Waals surface area contributed by atoms with Crippen LogP contribution in [0.5, 0.6) is 5.75 Å². The number of hydrogen-bond acceptors (Lipinski definition) is 1. The van der Waals surface area contributed by atoms with E-state index in [1.165, 1.54) is 7.11 Å². The zero-order chi connectivity index (χ0) is 12.3. The summed E-state index contributed by atoms with van der Waals surface area (Å²) < 4.78 is 18.4. The third kappa shape index (κ3) is 2.97. The molecule has 0 radical (unpaired) electrons. The van der Waals surface area contributed by atoms with Gasteiger partial charge in [-0.3, -0.25) is 0 Å². The van der Waals surface area contributed by atoms with E-state index in [2.05, 4.69) is 36.7 Å². The lowest BCUT2D eigenvalue weighted by molar-refractivity contribution is 0.385. The summed E-state index contributed by atoms with van der Waals surface area (Å²) in [5, 5.41) is 0. The van der Waals surface area contributed by atoms with Gasteiger partial charge in [0.15, 0.2) is 11.6 Å². The molecule has 0 heterocycles. The SMILES string of the molecule is COc1ccc(C(C)C(Br)C(C)C)cc1F. The van der Waals surface area contributed by atoms with Crippen LogP contribution in [0.2, 0.25) is 0 Å². The molecule has 0 saturated carbocycles. The van der Waals surface area contributed by atoms with E-state index in [1.54, 1.807) is 12.1 Å². The van der Waals surface area contributed by atoms with Crippen LogP contribution < -0.4 is 4.74 Å². The Morgan fingerprint density at radius 3 is 2.31 bits per heavy atom. The van der Waals surface area contributed by atoms with Gasteiger partial charge in [-0.2, -0.15) is 0 Å². The first-order valence-electron chi connectivity index (χ1n) is 5.44. The Morgan fingerprint density at radius 2 is 1.88 bits per heavy atom. The quantitative estimate of drug-likeness (QED) is 0.748. The van der Waals surface area contributed by atoms with Crippen molar-refractivity contribution in [3.63, 3.8) is 0 Å². The zero-order valence-electron chi connectivity index (χ0n) is 10.1. The number of rotatable bonds is 4. The Bertz CT molecular complexity index is 352. The maximum absolute atomic E-state index is 13.5. The lowest BCUT2D eigenvalue weighted by Crippen LogP contribution is -2.15. The maximum atomic E-state index is 13.5. The largest absolute Gasteiger partial charge is 0.494 e. The van der Waals surface area contributed by atoms with E-state index in [9.17, 15) is 4.39 Å². The van der Waals surface area contributed by atoms with E-state index in [0.29, 0.717) is 16.5 Å². The maximum Gasteiger partial charge on any atom is 0.165 e. The predicted molar refractivity (Wildman–Crippen MR) is 68.9 cm³/mol. The normalized spacial score (nSPS) is 14.9. The van der Waals surface area contributed by atoms with Crippen LogP contribution in [0.25, 0.3) is 0 Å². The topological polar surface area (TPSA) is 9.23 Å². The third-order valence-corrected chi connectivity index (χ3v) is 4.67. The number of alkyl halides is 1. The number of benzene rings is 1. The molecule has 0 N–H and O–H groups in total. The molecule has 2 unspecified atom stereocenters. The Morgan fingerprint density at radius 1 is 1.25 bits per heavy atom. The molecule has 0 spiro atoms. The highest BCUT2D eigenvalue weighted by Crippen LogP contribution is 2.31. The predicted octanol–water partition coefficient (Wildman–Crippen LogP) is 4.36. The molecule has 3 heteroatoms. The standard InChI is InChI=1S/C13H18BrFO/c1-8(2)13(14)9(3)10-5-6-12(16-4)11(15)7-10/h5-9,13H,1-4H3. The Hall–Kier alpha value is -0.570. The first-order valence-corrected chi connectivity index (χ1v) is 6.36. The average molecular weight is 289 g/mol. The van der Waals surface area contributed by atoms with Gasteiger partial charge in [-0.25, -0.2) is 4.39 Å². The summed E-state index contributed by atoms with van der Waals surface area (Å²) in [5.41, 5.74) is 0.994. The van der Waals surface area contributed by atoms with Gasteiger partial charge in [0.1, 0.15) is 0 Å². The molecule has 0 fully saturated rings. The van der Waals surface area contributed by atoms with Gasteiger partial charge in [-0.1, -0.05) is 42.8 Å². The highest BCUT2D eigenvalue weighted by molar-refractivity contribution is 9.09. The van der Waals surface area contributed by atoms with E-state index < -0.39 is 0 Å². The van der Waals surface area contributed by atoms with Crippen molar-refractivity contribution in [2.45, 2.75) is 31.5 Å². The minimum Gasteiger partial charge on any atom is -0.494 e. The lowest BCUT2D eigenvalue weighted by atomic mass is 9.92. The van der Waals surface area contributed by atoms with Crippen LogP contribution in [0.15, 0.2) is 18.2 Å². The van der Waals surface area contributed by atoms with Crippen molar-refractivity contribution in [1.82, 2.24) is 0 Å². The summed E-state index contributed by atoms with van der Waals surface area (Å²) in [4.78, 5) is 0.347. The molecular weight excluding hydrogens is 271 g/mol. The third-order valence-electron chi connectivity index (χ3n) is 2.82. The molecule has 0 aliphatic rings. The Labute approximate surface area is 105 Å². The summed E-state index contributed by atoms with van der Waals surface area (Å²) >= 11 is 3.65. The summed E-state index contributed by atoms with van der Waals surface area (Å²) in [6.07, 6.45) is 0. The van der Waals surface area contributed by atoms with Gasteiger partial charge in [0.05, 0.1) is 7.11 Å². The molecule has 0 aromatic heterocycles. The van der Waals surface area contributed by atoms with Crippen molar-refractivity contribution >= 4 is 15.9 Å². The molecule has 1 rings (SSSR count). The summed E-state index contributed by atoms with van der Waals surface area (Å²) in [5.74, 6) is 0.794. The van der Waals surface area contributed by atoms with Crippen molar-refractivity contribution in [3.8, 4) is 5.75 Å². The molecular formula is C13H18BrFO. The molecule has 16 heavy (non-hydrogen) atoms. The fourth-order valence-electron chi connectivity index (χ4n) is 1.73. The molecule has 1 nitrogen and oxygen atoms in total. The van der Waals surface area contributed by atoms with Crippen molar-refractivity contribution in [2.75, 3.05) is 7.11 Å². The van der Waals surface area contributed by atoms with Gasteiger partial charge in [-0.15, -0.1) is 0 Å². The van der Waals surface area contributed by atoms with Crippen molar-refractivity contribution < 1.29 is 9.13 Å². The molecule has 0 saturated heterocycles. The van der Waals surface area contributed by atoms with Gasteiger partial charge in [0.25, 0.3) is 0 Å². The van der Waals surface area contributed by atoms with Gasteiger partial charge in [0, 0.05) is 4.83 Å². The van der Waals surface area contributed by atoms with Crippen LogP contribution in [-0.2, 0) is 0 Å². The highest BCUT2D eigenvalue weighted by Gasteiger charge is 2.20. The second-order valence-corrected chi connectivity index (χ2v) is 5.43. The Kier molecular flexibility index (Phi) is 4.78. The fraction of sp³-hybridized carbons (Fsp3) is 0.538. The summed E-state index contributed by atoms with van der Waals surface area (Å²) in [7, 11) is 1.48. The molecule has 2 atom stereocenters. The van der Waals surface area contributed by atoms with Crippen molar-refractivity contribution in [3.05, 3.63) is 29.6 Å². The van der Waals surface area contributed by atoms with Gasteiger partial charge < -0.3 is 4.74 Å². The smallest absolute Gasteiger partial charge is 0.165 e. The minimum absolute atomic E-state index is 0.278. The van der Waals surface area contributed by atoms with Crippen LogP contribution >= 0.6 is 15.9 Å². The molecule has 0 aliphatic heterocycles. The summed E-state index contributed by atoms with van der Waals surface area (Å²) in [6, 6.07) is 5.16. The Balaban J connectivity index is 2.92. The molecule has 90 valence electrons. The van der Waals surface area contributed by atoms with Crippen molar-refractivity contribution in [1.29, 1.82) is 0 Å². The van der Waals surface area contributed by atoms with Gasteiger partial charge in [0.2, 0.25) is 0 Å². The molecule has 1 aromatic rings. The second kappa shape index (κ2) is 5.67. The monoisotopic (exact) mass is 288 g/mol. The fourth-order valence-corrected chi connectivity index (χ4v) is 2.03. The van der Waals surface area contributed by atoms with E-state index in [-0.39, 0.29) is 11.7 Å². The second-order valence-electron chi connectivity index (χ2n) is 4.37. The molecule has 0 amide bonds. The number of ether oxygens (including phenoxy) is 1. The highest BCUT2D eigenvalue weighted by atomic mass is 79.9. The van der Waals surface area contributed by atoms with E-state index in [4.69, 9.17) is 4.74 Å². The van der Waals surface area contributed by atoms with Crippen LogP contribution in [0.3, 0.4) is 0 Å². The van der Waals surface area contributed by atoms with E-state index >= 15 is 0 Å². The van der Waals surface area contributed by atoms with Gasteiger partial charge in [-0.05, 0) is 29.5 Å². The number of hydrogen-bond donors (Lipinski definition) is 0. The average Bonchev–Trinajstić information content (AvgIpc) is 2.26. The van der Waals surface area contributed by atoms with Crippen LogP contribution in [0, 0.1) is 11.7 Å². The van der Waals surface area contributed by atoms with E-state index in [1.807, 2.05) is 6.07 Å². The van der Waals surface area contributed by atoms with Crippen LogP contribution in [0.4, 0.5) is 4.39 Å². The van der Waals surface area contributed by atoms with Crippen LogP contribution in [0.1, 0.15) is 32.3 Å². The lowest BCUT2D eigenvalue weighted by Gasteiger charge is -2.22. The zero-order valence-corrected chi connectivity index (χ0v) is 11.7. The van der Waals surface area contributed by atoms with Gasteiger partial charge >= 0.3 is 0 Å². The van der Waals surface area contributed by atoms with Crippen LogP contribution in [-0.4, -0.2) is 11.9 Å². The minimum atomic E-state index is -0.296.